The molecule has 1 aromatic heterocycles. The van der Waals surface area contributed by atoms with Crippen molar-refractivity contribution in [2.24, 2.45) is 0 Å². The molecule has 0 spiro atoms. The predicted molar refractivity (Wildman–Crippen MR) is 198 cm³/mol. The number of aromatic carboxylic acids is 1. The lowest BCUT2D eigenvalue weighted by Crippen LogP contribution is -2.28. The Kier molecular flexibility index (Phi) is 11.2. The second-order valence-electron chi connectivity index (χ2n) is 12.6. The van der Waals surface area contributed by atoms with Gasteiger partial charge < -0.3 is 9.67 Å². The predicted octanol–water partition coefficient (Wildman–Crippen LogP) is 9.49. The van der Waals surface area contributed by atoms with E-state index in [-0.39, 0.29) is 30.1 Å². The highest BCUT2D eigenvalue weighted by molar-refractivity contribution is 7.88. The summed E-state index contributed by atoms with van der Waals surface area (Å²) in [6.45, 7) is 0.00526. The van der Waals surface area contributed by atoms with Gasteiger partial charge in [-0.1, -0.05) is 103 Å². The van der Waals surface area contributed by atoms with Gasteiger partial charge in [0.1, 0.15) is 0 Å². The van der Waals surface area contributed by atoms with E-state index in [1.807, 2.05) is 66.7 Å². The molecule has 0 bridgehead atoms. The Morgan fingerprint density at radius 1 is 0.769 bits per heavy atom. The number of aromatic nitrogens is 1. The summed E-state index contributed by atoms with van der Waals surface area (Å²) in [5.74, 6) is -1.59. The average Bonchev–Trinajstić information content (AvgIpc) is 3.40. The summed E-state index contributed by atoms with van der Waals surface area (Å²) in [6.07, 6.45) is -2.29. The standard InChI is InChI=1S/C41H36ClF3N2O4S/c42-34-21-22-37-36(26-34)35(16-8-9-28-17-19-32(20-18-28)40(48)49)38(47(37)39(30-11-3-1-4-12-30)31-13-5-2-6-14-31)23-24-46-52(50,51)27-29-10-7-15-33(25-29)41(43,44)45/h1-7,10-15,17-22,25-26,39,46H,8-9,16,23-24,27H2,(H,48,49). The minimum absolute atomic E-state index is 0.00526. The molecule has 11 heteroatoms. The number of sulfonamides is 1. The van der Waals surface area contributed by atoms with Crippen molar-refractivity contribution in [1.82, 2.24) is 9.29 Å². The van der Waals surface area contributed by atoms with Gasteiger partial charge in [-0.15, -0.1) is 0 Å². The maximum absolute atomic E-state index is 13.3. The SMILES string of the molecule is O=C(O)c1ccc(CCCc2c(CCNS(=O)(=O)Cc3cccc(C(F)(F)F)c3)n(C(c3ccccc3)c3ccccc3)c3ccc(Cl)cc23)cc1. The van der Waals surface area contributed by atoms with E-state index >= 15 is 0 Å². The molecular formula is C41H36ClF3N2O4S. The fraction of sp³-hybridized carbons (Fsp3) is 0.195. The number of hydrogen-bond donors (Lipinski definition) is 2. The lowest BCUT2D eigenvalue weighted by Gasteiger charge is -2.25. The number of fused-ring (bicyclic) bond motifs is 1. The van der Waals surface area contributed by atoms with Crippen LogP contribution in [0.2, 0.25) is 5.02 Å². The number of rotatable bonds is 14. The number of carbonyl (C=O) groups is 1. The number of hydrogen-bond acceptors (Lipinski definition) is 3. The van der Waals surface area contributed by atoms with Gasteiger partial charge in [-0.2, -0.15) is 13.2 Å². The Labute approximate surface area is 305 Å². The van der Waals surface area contributed by atoms with Gasteiger partial charge in [-0.3, -0.25) is 0 Å². The third-order valence-electron chi connectivity index (χ3n) is 9.06. The van der Waals surface area contributed by atoms with Gasteiger partial charge in [0.25, 0.3) is 0 Å². The molecule has 0 aliphatic carbocycles. The highest BCUT2D eigenvalue weighted by Gasteiger charge is 2.31. The molecule has 0 aliphatic heterocycles. The molecular weight excluding hydrogens is 709 g/mol. The summed E-state index contributed by atoms with van der Waals surface area (Å²) in [4.78, 5) is 11.4. The van der Waals surface area contributed by atoms with Crippen LogP contribution < -0.4 is 4.72 Å². The highest BCUT2D eigenvalue weighted by Crippen LogP contribution is 2.38. The first-order chi connectivity index (χ1) is 24.9. The summed E-state index contributed by atoms with van der Waals surface area (Å²) >= 11 is 6.60. The van der Waals surface area contributed by atoms with Gasteiger partial charge in [0, 0.05) is 34.6 Å². The van der Waals surface area contributed by atoms with Gasteiger partial charge in [0.2, 0.25) is 10.0 Å². The lowest BCUT2D eigenvalue weighted by atomic mass is 9.97. The van der Waals surface area contributed by atoms with Crippen LogP contribution in [-0.2, 0) is 41.2 Å². The van der Waals surface area contributed by atoms with Crippen LogP contribution in [0.15, 0.2) is 127 Å². The second kappa shape index (κ2) is 15.8. The van der Waals surface area contributed by atoms with Crippen molar-refractivity contribution in [3.63, 3.8) is 0 Å². The van der Waals surface area contributed by atoms with E-state index in [1.54, 1.807) is 12.1 Å². The fourth-order valence-corrected chi connectivity index (χ4v) is 8.03. The first-order valence-corrected chi connectivity index (χ1v) is 18.8. The molecule has 6 rings (SSSR count). The van der Waals surface area contributed by atoms with Crippen molar-refractivity contribution in [2.75, 3.05) is 6.54 Å². The molecule has 0 unspecified atom stereocenters. The normalized spacial score (nSPS) is 12.1. The van der Waals surface area contributed by atoms with Crippen molar-refractivity contribution in [2.45, 2.75) is 43.7 Å². The third-order valence-corrected chi connectivity index (χ3v) is 10.7. The van der Waals surface area contributed by atoms with Crippen LogP contribution in [0, 0.1) is 0 Å². The number of nitrogens with one attached hydrogen (secondary N) is 1. The van der Waals surface area contributed by atoms with Crippen molar-refractivity contribution in [3.05, 3.63) is 177 Å². The monoisotopic (exact) mass is 744 g/mol. The smallest absolute Gasteiger partial charge is 0.416 e. The zero-order valence-electron chi connectivity index (χ0n) is 28.0. The van der Waals surface area contributed by atoms with E-state index in [9.17, 15) is 31.5 Å². The molecule has 0 radical (unpaired) electrons. The molecule has 268 valence electrons. The molecule has 0 aliphatic rings. The Morgan fingerprint density at radius 3 is 2.04 bits per heavy atom. The van der Waals surface area contributed by atoms with Crippen LogP contribution in [0.5, 0.6) is 0 Å². The highest BCUT2D eigenvalue weighted by atomic mass is 35.5. The number of alkyl halides is 3. The Balaban J connectivity index is 1.38. The number of benzene rings is 5. The molecule has 2 N–H and O–H groups in total. The fourth-order valence-electron chi connectivity index (χ4n) is 6.73. The average molecular weight is 745 g/mol. The number of nitrogens with zero attached hydrogens (tertiary/aromatic N) is 1. The van der Waals surface area contributed by atoms with E-state index in [4.69, 9.17) is 11.6 Å². The van der Waals surface area contributed by atoms with Crippen LogP contribution in [0.25, 0.3) is 10.9 Å². The van der Waals surface area contributed by atoms with Gasteiger partial charge in [-0.25, -0.2) is 17.9 Å². The summed E-state index contributed by atoms with van der Waals surface area (Å²) < 4.78 is 71.4. The van der Waals surface area contributed by atoms with E-state index < -0.39 is 33.5 Å². The molecule has 6 nitrogen and oxygen atoms in total. The van der Waals surface area contributed by atoms with E-state index in [0.717, 1.165) is 51.0 Å². The van der Waals surface area contributed by atoms with E-state index in [0.29, 0.717) is 24.3 Å². The van der Waals surface area contributed by atoms with Crippen LogP contribution in [0.1, 0.15) is 61.9 Å². The molecule has 0 fully saturated rings. The minimum Gasteiger partial charge on any atom is -0.478 e. The Bertz CT molecular complexity index is 2240. The summed E-state index contributed by atoms with van der Waals surface area (Å²) in [6, 6.07) is 36.7. The van der Waals surface area contributed by atoms with Gasteiger partial charge in [-0.05, 0) is 83.5 Å². The maximum atomic E-state index is 13.3. The maximum Gasteiger partial charge on any atom is 0.416 e. The Morgan fingerprint density at radius 2 is 1.42 bits per heavy atom. The third kappa shape index (κ3) is 8.75. The quantitative estimate of drug-likeness (QED) is 0.116. The number of aryl methyl sites for hydroxylation is 2. The summed E-state index contributed by atoms with van der Waals surface area (Å²) in [5.41, 5.74) is 5.22. The minimum atomic E-state index is -4.59. The molecule has 0 atom stereocenters. The lowest BCUT2D eigenvalue weighted by molar-refractivity contribution is -0.137. The molecule has 1 heterocycles. The van der Waals surface area contributed by atoms with Crippen LogP contribution in [0.3, 0.4) is 0 Å². The molecule has 5 aromatic carbocycles. The summed E-state index contributed by atoms with van der Waals surface area (Å²) in [7, 11) is -4.01. The number of halogens is 4. The topological polar surface area (TPSA) is 88.4 Å². The summed E-state index contributed by atoms with van der Waals surface area (Å²) in [5, 5.41) is 10.8. The molecule has 52 heavy (non-hydrogen) atoms. The van der Waals surface area contributed by atoms with Crippen molar-refractivity contribution in [1.29, 1.82) is 0 Å². The number of carboxylic acid groups (broad SMARTS) is 1. The van der Waals surface area contributed by atoms with E-state index in [2.05, 4.69) is 33.6 Å². The van der Waals surface area contributed by atoms with Crippen LogP contribution >= 0.6 is 11.6 Å². The molecule has 0 saturated carbocycles. The van der Waals surface area contributed by atoms with Crippen LogP contribution in [0.4, 0.5) is 13.2 Å². The van der Waals surface area contributed by atoms with Crippen molar-refractivity contribution in [3.8, 4) is 0 Å². The zero-order chi connectivity index (χ0) is 36.9. The Hall–Kier alpha value is -4.90. The second-order valence-corrected chi connectivity index (χ2v) is 14.9. The van der Waals surface area contributed by atoms with E-state index in [1.165, 1.54) is 12.1 Å². The largest absolute Gasteiger partial charge is 0.478 e. The first-order valence-electron chi connectivity index (χ1n) is 16.8. The molecule has 6 aromatic rings. The first kappa shape index (κ1) is 36.9. The van der Waals surface area contributed by atoms with Gasteiger partial charge in [0.05, 0.1) is 22.9 Å². The van der Waals surface area contributed by atoms with Crippen molar-refractivity contribution >= 4 is 38.5 Å². The zero-order valence-corrected chi connectivity index (χ0v) is 29.6. The van der Waals surface area contributed by atoms with Gasteiger partial charge in [0.15, 0.2) is 0 Å². The van der Waals surface area contributed by atoms with Crippen molar-refractivity contribution < 1.29 is 31.5 Å². The van der Waals surface area contributed by atoms with Crippen LogP contribution in [-0.4, -0.2) is 30.6 Å². The number of carboxylic acids is 1. The molecule has 0 amide bonds. The molecule has 0 saturated heterocycles. The van der Waals surface area contributed by atoms with Gasteiger partial charge >= 0.3 is 12.1 Å².